The summed E-state index contributed by atoms with van der Waals surface area (Å²) in [4.78, 5) is 40.7. The third kappa shape index (κ3) is 9.15. The number of hydrogen-bond acceptors (Lipinski definition) is 6. The number of ether oxygens (including phenoxy) is 1. The average Bonchev–Trinajstić information content (AvgIpc) is 2.65. The third-order valence-corrected chi connectivity index (χ3v) is 4.88. The highest BCUT2D eigenvalue weighted by molar-refractivity contribution is 7.80. The van der Waals surface area contributed by atoms with Crippen molar-refractivity contribution in [3.63, 3.8) is 0 Å². The SMILES string of the molecule is CCCN(C(=O)C(CS)NC(=O)OC(C)(C)C)C(C(=O)NC(C)(C)C)c1ccc(O)c(C)c1. The number of alkyl carbamates (subject to hydrolysis) is 1. The Morgan fingerprint density at radius 2 is 1.76 bits per heavy atom. The number of rotatable bonds is 8. The van der Waals surface area contributed by atoms with Gasteiger partial charge in [-0.25, -0.2) is 4.79 Å². The van der Waals surface area contributed by atoms with E-state index in [1.165, 1.54) is 11.0 Å². The third-order valence-electron chi connectivity index (χ3n) is 4.51. The van der Waals surface area contributed by atoms with Gasteiger partial charge < -0.3 is 25.4 Å². The second-order valence-electron chi connectivity index (χ2n) is 10.1. The van der Waals surface area contributed by atoms with E-state index in [4.69, 9.17) is 4.74 Å². The quantitative estimate of drug-likeness (QED) is 0.423. The van der Waals surface area contributed by atoms with Gasteiger partial charge in [0.2, 0.25) is 11.8 Å². The molecule has 1 rings (SSSR count). The lowest BCUT2D eigenvalue weighted by atomic mass is 9.98. The van der Waals surface area contributed by atoms with Crippen LogP contribution in [0.3, 0.4) is 0 Å². The van der Waals surface area contributed by atoms with Crippen molar-refractivity contribution in [1.29, 1.82) is 0 Å². The highest BCUT2D eigenvalue weighted by Gasteiger charge is 2.36. The van der Waals surface area contributed by atoms with Crippen molar-refractivity contribution in [2.24, 2.45) is 0 Å². The van der Waals surface area contributed by atoms with Crippen molar-refractivity contribution in [1.82, 2.24) is 15.5 Å². The Morgan fingerprint density at radius 3 is 2.21 bits per heavy atom. The van der Waals surface area contributed by atoms with E-state index in [-0.39, 0.29) is 24.0 Å². The van der Waals surface area contributed by atoms with Gasteiger partial charge in [-0.05, 0) is 78.1 Å². The lowest BCUT2D eigenvalue weighted by Crippen LogP contribution is -2.55. The molecule has 1 aromatic rings. The molecule has 8 nitrogen and oxygen atoms in total. The van der Waals surface area contributed by atoms with Crippen molar-refractivity contribution in [3.8, 4) is 5.75 Å². The van der Waals surface area contributed by atoms with Gasteiger partial charge in [-0.3, -0.25) is 9.59 Å². The first kappa shape index (κ1) is 28.6. The van der Waals surface area contributed by atoms with E-state index in [9.17, 15) is 19.5 Å². The van der Waals surface area contributed by atoms with Gasteiger partial charge in [0.05, 0.1) is 0 Å². The topological polar surface area (TPSA) is 108 Å². The number of phenols is 1. The van der Waals surface area contributed by atoms with Crippen molar-refractivity contribution in [2.45, 2.75) is 85.0 Å². The highest BCUT2D eigenvalue weighted by atomic mass is 32.1. The van der Waals surface area contributed by atoms with Gasteiger partial charge in [-0.15, -0.1) is 0 Å². The molecule has 186 valence electrons. The summed E-state index contributed by atoms with van der Waals surface area (Å²) in [5, 5.41) is 15.5. The van der Waals surface area contributed by atoms with E-state index in [1.807, 2.05) is 27.7 Å². The Hall–Kier alpha value is -2.42. The van der Waals surface area contributed by atoms with Crippen LogP contribution in [-0.4, -0.2) is 57.4 Å². The minimum atomic E-state index is -0.988. The highest BCUT2D eigenvalue weighted by Crippen LogP contribution is 2.28. The number of aryl methyl sites for hydroxylation is 1. The standard InChI is InChI=1S/C24H39N3O5S/c1-9-12-27(21(30)17(14-33)25-22(31)32-24(6,7)8)19(20(29)26-23(3,4)5)16-10-11-18(28)15(2)13-16/h10-11,13,17,19,28,33H,9,12,14H2,1-8H3,(H,25,31)(H,26,29). The Morgan fingerprint density at radius 1 is 1.15 bits per heavy atom. The summed E-state index contributed by atoms with van der Waals surface area (Å²) >= 11 is 4.26. The number of carbonyl (C=O) groups excluding carboxylic acids is 3. The Labute approximate surface area is 202 Å². The number of phenolic OH excluding ortho intramolecular Hbond substituents is 1. The summed E-state index contributed by atoms with van der Waals surface area (Å²) in [6, 6.07) is 2.87. The van der Waals surface area contributed by atoms with Crippen LogP contribution in [0.15, 0.2) is 18.2 Å². The van der Waals surface area contributed by atoms with E-state index in [0.29, 0.717) is 17.5 Å². The fourth-order valence-corrected chi connectivity index (χ4v) is 3.45. The monoisotopic (exact) mass is 481 g/mol. The molecule has 0 aliphatic carbocycles. The van der Waals surface area contributed by atoms with Gasteiger partial charge in [0.25, 0.3) is 0 Å². The minimum absolute atomic E-state index is 0.0283. The zero-order chi connectivity index (χ0) is 25.6. The maximum absolute atomic E-state index is 13.6. The lowest BCUT2D eigenvalue weighted by molar-refractivity contribution is -0.142. The first-order chi connectivity index (χ1) is 15.1. The molecule has 0 saturated carbocycles. The van der Waals surface area contributed by atoms with Gasteiger partial charge >= 0.3 is 6.09 Å². The van der Waals surface area contributed by atoms with E-state index in [0.717, 1.165) is 0 Å². The molecule has 1 aromatic carbocycles. The molecule has 0 fully saturated rings. The molecule has 3 N–H and O–H groups in total. The van der Waals surface area contributed by atoms with Crippen LogP contribution in [0, 0.1) is 6.92 Å². The van der Waals surface area contributed by atoms with Crippen LogP contribution in [0.25, 0.3) is 0 Å². The lowest BCUT2D eigenvalue weighted by Gasteiger charge is -2.35. The predicted molar refractivity (Wildman–Crippen MR) is 132 cm³/mol. The molecular formula is C24H39N3O5S. The minimum Gasteiger partial charge on any atom is -0.508 e. The maximum Gasteiger partial charge on any atom is 0.408 e. The number of amides is 3. The number of thiol groups is 1. The summed E-state index contributed by atoms with van der Waals surface area (Å²) < 4.78 is 5.29. The summed E-state index contributed by atoms with van der Waals surface area (Å²) in [6.07, 6.45) is -0.143. The Kier molecular flexibility index (Phi) is 10.1. The Bertz CT molecular complexity index is 845. The number of aromatic hydroxyl groups is 1. The molecule has 0 saturated heterocycles. The largest absolute Gasteiger partial charge is 0.508 e. The summed E-state index contributed by atoms with van der Waals surface area (Å²) in [7, 11) is 0. The van der Waals surface area contributed by atoms with Gasteiger partial charge in [-0.2, -0.15) is 12.6 Å². The summed E-state index contributed by atoms with van der Waals surface area (Å²) in [5.41, 5.74) is -0.109. The number of nitrogens with zero attached hydrogens (tertiary/aromatic N) is 1. The van der Waals surface area contributed by atoms with Crippen LogP contribution in [-0.2, 0) is 14.3 Å². The molecule has 33 heavy (non-hydrogen) atoms. The second-order valence-corrected chi connectivity index (χ2v) is 10.5. The molecule has 0 heterocycles. The predicted octanol–water partition coefficient (Wildman–Crippen LogP) is 3.72. The summed E-state index contributed by atoms with van der Waals surface area (Å²) in [6.45, 7) is 14.7. The van der Waals surface area contributed by atoms with Crippen molar-refractivity contribution >= 4 is 30.5 Å². The molecule has 0 aliphatic heterocycles. The first-order valence-corrected chi connectivity index (χ1v) is 11.7. The smallest absolute Gasteiger partial charge is 0.408 e. The molecule has 2 unspecified atom stereocenters. The van der Waals surface area contributed by atoms with Crippen molar-refractivity contribution in [2.75, 3.05) is 12.3 Å². The van der Waals surface area contributed by atoms with Crippen LogP contribution in [0.4, 0.5) is 4.79 Å². The van der Waals surface area contributed by atoms with Gasteiger partial charge in [0.15, 0.2) is 0 Å². The molecule has 2 atom stereocenters. The molecule has 0 radical (unpaired) electrons. The van der Waals surface area contributed by atoms with Crippen molar-refractivity contribution < 1.29 is 24.2 Å². The second kappa shape index (κ2) is 11.6. The number of benzene rings is 1. The molecular weight excluding hydrogens is 442 g/mol. The molecule has 3 amide bonds. The maximum atomic E-state index is 13.6. The number of carbonyl (C=O) groups is 3. The normalized spacial score (nSPS) is 13.6. The van der Waals surface area contributed by atoms with Crippen LogP contribution < -0.4 is 10.6 Å². The Balaban J connectivity index is 3.40. The van der Waals surface area contributed by atoms with E-state index >= 15 is 0 Å². The average molecular weight is 482 g/mol. The number of nitrogens with one attached hydrogen (secondary N) is 2. The van der Waals surface area contributed by atoms with E-state index < -0.39 is 35.2 Å². The van der Waals surface area contributed by atoms with E-state index in [1.54, 1.807) is 39.8 Å². The van der Waals surface area contributed by atoms with Crippen LogP contribution in [0.1, 0.15) is 72.1 Å². The van der Waals surface area contributed by atoms with Crippen molar-refractivity contribution in [3.05, 3.63) is 29.3 Å². The fraction of sp³-hybridized carbons (Fsp3) is 0.625. The van der Waals surface area contributed by atoms with Crippen LogP contribution >= 0.6 is 12.6 Å². The number of hydrogen-bond donors (Lipinski definition) is 4. The molecule has 0 aromatic heterocycles. The first-order valence-electron chi connectivity index (χ1n) is 11.1. The van der Waals surface area contributed by atoms with Gasteiger partial charge in [0, 0.05) is 17.8 Å². The molecule has 0 aliphatic rings. The zero-order valence-corrected chi connectivity index (χ0v) is 21.9. The zero-order valence-electron chi connectivity index (χ0n) is 21.0. The van der Waals surface area contributed by atoms with Crippen LogP contribution in [0.2, 0.25) is 0 Å². The summed E-state index contributed by atoms with van der Waals surface area (Å²) in [5.74, 6) is -0.676. The fourth-order valence-electron chi connectivity index (χ4n) is 3.20. The molecule has 0 spiro atoms. The molecule has 0 bridgehead atoms. The van der Waals surface area contributed by atoms with Gasteiger partial charge in [0.1, 0.15) is 23.4 Å². The molecule has 9 heteroatoms. The van der Waals surface area contributed by atoms with Crippen LogP contribution in [0.5, 0.6) is 5.75 Å². The van der Waals surface area contributed by atoms with Gasteiger partial charge in [-0.1, -0.05) is 13.0 Å². The van der Waals surface area contributed by atoms with E-state index in [2.05, 4.69) is 23.3 Å².